The van der Waals surface area contributed by atoms with Crippen molar-refractivity contribution in [3.63, 3.8) is 0 Å². The van der Waals surface area contributed by atoms with Crippen LogP contribution in [0.5, 0.6) is 0 Å². The number of hydrogen-bond acceptors (Lipinski definition) is 4. The third-order valence-corrected chi connectivity index (χ3v) is 4.63. The topological polar surface area (TPSA) is 56.2 Å². The number of carbonyl (C=O) groups excluding carboxylic acids is 1. The molecule has 0 aliphatic rings. The van der Waals surface area contributed by atoms with Crippen LogP contribution in [0.1, 0.15) is 25.2 Å². The maximum atomic E-state index is 11.3. The van der Waals surface area contributed by atoms with E-state index in [0.717, 1.165) is 28.8 Å². The lowest BCUT2D eigenvalue weighted by atomic mass is 10.3. The first-order valence-electron chi connectivity index (χ1n) is 6.21. The molecule has 5 nitrogen and oxygen atoms in total. The van der Waals surface area contributed by atoms with E-state index in [1.807, 2.05) is 4.68 Å². The minimum atomic E-state index is -0.203. The van der Waals surface area contributed by atoms with Crippen LogP contribution in [-0.2, 0) is 29.0 Å². The smallest absolute Gasteiger partial charge is 0.319 e. The number of hydrogen-bond donors (Lipinski definition) is 1. The van der Waals surface area contributed by atoms with Crippen molar-refractivity contribution in [3.8, 4) is 0 Å². The van der Waals surface area contributed by atoms with Crippen molar-refractivity contribution >= 4 is 44.5 Å². The van der Waals surface area contributed by atoms with Crippen LogP contribution in [0.3, 0.4) is 0 Å². The molecule has 0 bridgehead atoms. The summed E-state index contributed by atoms with van der Waals surface area (Å²) in [5, 5.41) is 7.80. The van der Waals surface area contributed by atoms with E-state index in [2.05, 4.69) is 62.8 Å². The first-order valence-corrected chi connectivity index (χ1v) is 8.25. The molecule has 108 valence electrons. The Hall–Kier alpha value is -0.150. The summed E-state index contributed by atoms with van der Waals surface area (Å²) in [5.74, 6) is -0.203. The van der Waals surface area contributed by atoms with Gasteiger partial charge in [0.25, 0.3) is 0 Å². The average Bonchev–Trinajstić information content (AvgIpc) is 2.74. The first-order chi connectivity index (χ1) is 9.04. The average molecular weight is 444 g/mol. The highest BCUT2D eigenvalue weighted by Crippen LogP contribution is 2.22. The van der Waals surface area contributed by atoms with E-state index in [1.54, 1.807) is 0 Å². The molecule has 0 spiro atoms. The zero-order valence-corrected chi connectivity index (χ0v) is 15.1. The summed E-state index contributed by atoms with van der Waals surface area (Å²) in [7, 11) is 1.41. The van der Waals surface area contributed by atoms with Gasteiger partial charge in [0.2, 0.25) is 0 Å². The molecule has 0 radical (unpaired) electrons. The van der Waals surface area contributed by atoms with Crippen LogP contribution in [0.25, 0.3) is 0 Å². The Kier molecular flexibility index (Phi) is 7.30. The van der Waals surface area contributed by atoms with Crippen LogP contribution in [0, 0.1) is 0 Å². The molecule has 0 amide bonds. The summed E-state index contributed by atoms with van der Waals surface area (Å²) in [6.45, 7) is 6.24. The molecule has 1 N–H and O–H groups in total. The van der Waals surface area contributed by atoms with Crippen LogP contribution < -0.4 is 5.32 Å². The predicted molar refractivity (Wildman–Crippen MR) is 86.5 cm³/mol. The summed E-state index contributed by atoms with van der Waals surface area (Å²) >= 11 is 5.67. The second-order valence-electron chi connectivity index (χ2n) is 4.00. The molecule has 1 heterocycles. The molecule has 1 unspecified atom stereocenters. The largest absolute Gasteiger partial charge is 0.468 e. The zero-order valence-electron chi connectivity index (χ0n) is 11.4. The van der Waals surface area contributed by atoms with Crippen molar-refractivity contribution in [1.29, 1.82) is 0 Å². The molecule has 0 aliphatic heterocycles. The quantitative estimate of drug-likeness (QED) is 0.399. The Morgan fingerprint density at radius 3 is 2.79 bits per heavy atom. The van der Waals surface area contributed by atoms with Gasteiger partial charge in [-0.1, -0.05) is 29.5 Å². The van der Waals surface area contributed by atoms with Gasteiger partial charge in [-0.3, -0.25) is 9.48 Å². The lowest BCUT2D eigenvalue weighted by molar-refractivity contribution is -0.139. The second-order valence-corrected chi connectivity index (χ2v) is 6.29. The molecule has 0 saturated heterocycles. The molecule has 0 aromatic carbocycles. The Balaban J connectivity index is 2.62. The Morgan fingerprint density at radius 1 is 1.58 bits per heavy atom. The molecular weight excluding hydrogens is 425 g/mol. The van der Waals surface area contributed by atoms with E-state index in [4.69, 9.17) is 4.74 Å². The third-order valence-electron chi connectivity index (χ3n) is 2.77. The van der Waals surface area contributed by atoms with Gasteiger partial charge in [0, 0.05) is 19.6 Å². The summed E-state index contributed by atoms with van der Waals surface area (Å²) < 4.78 is 7.56. The highest BCUT2D eigenvalue weighted by molar-refractivity contribution is 14.1. The van der Waals surface area contributed by atoms with Crippen molar-refractivity contribution in [2.24, 2.45) is 0 Å². The molecule has 1 aromatic rings. The SMILES string of the molecule is CCc1nn(CC)c(CNCC(I)C(=O)OC)c1Br. The highest BCUT2D eigenvalue weighted by Gasteiger charge is 2.16. The van der Waals surface area contributed by atoms with Crippen LogP contribution >= 0.6 is 38.5 Å². The fourth-order valence-electron chi connectivity index (χ4n) is 1.71. The molecule has 0 fully saturated rings. The summed E-state index contributed by atoms with van der Waals surface area (Å²) in [6.07, 6.45) is 0.900. The van der Waals surface area contributed by atoms with Crippen LogP contribution in [0.15, 0.2) is 4.47 Å². The Labute approximate surface area is 135 Å². The van der Waals surface area contributed by atoms with Crippen molar-refractivity contribution in [1.82, 2.24) is 15.1 Å². The van der Waals surface area contributed by atoms with Gasteiger partial charge in [-0.2, -0.15) is 5.10 Å². The number of nitrogens with one attached hydrogen (secondary N) is 1. The summed E-state index contributed by atoms with van der Waals surface area (Å²) in [6, 6.07) is 0. The third kappa shape index (κ3) is 4.42. The number of halogens is 2. The number of aromatic nitrogens is 2. The number of aryl methyl sites for hydroxylation is 2. The minimum absolute atomic E-state index is 0.176. The fourth-order valence-corrected chi connectivity index (χ4v) is 2.98. The van der Waals surface area contributed by atoms with Crippen LogP contribution in [0.4, 0.5) is 0 Å². The van der Waals surface area contributed by atoms with E-state index in [9.17, 15) is 4.79 Å². The monoisotopic (exact) mass is 443 g/mol. The number of methoxy groups -OCH3 is 1. The lowest BCUT2D eigenvalue weighted by Gasteiger charge is -2.10. The van der Waals surface area contributed by atoms with Crippen molar-refractivity contribution in [3.05, 3.63) is 15.9 Å². The fraction of sp³-hybridized carbons (Fsp3) is 0.667. The molecule has 7 heteroatoms. The number of carbonyl (C=O) groups is 1. The normalized spacial score (nSPS) is 12.5. The molecule has 1 atom stereocenters. The second kappa shape index (κ2) is 8.21. The molecule has 1 rings (SSSR count). The number of nitrogens with zero attached hydrogens (tertiary/aromatic N) is 2. The number of esters is 1. The molecule has 1 aromatic heterocycles. The summed E-state index contributed by atoms with van der Waals surface area (Å²) in [4.78, 5) is 11.3. The number of ether oxygens (including phenoxy) is 1. The maximum absolute atomic E-state index is 11.3. The molecule has 0 aliphatic carbocycles. The van der Waals surface area contributed by atoms with Gasteiger partial charge < -0.3 is 10.1 Å². The number of rotatable bonds is 7. The first kappa shape index (κ1) is 16.9. The Morgan fingerprint density at radius 2 is 2.26 bits per heavy atom. The van der Waals surface area contributed by atoms with Gasteiger partial charge >= 0.3 is 5.97 Å². The lowest BCUT2D eigenvalue weighted by Crippen LogP contribution is -2.30. The standard InChI is InChI=1S/C12H19BrIN3O2/c1-4-9-11(13)10(17(5-2)16-9)7-15-6-8(14)12(18)19-3/h8,15H,4-7H2,1-3H3. The van der Waals surface area contributed by atoms with Gasteiger partial charge in [0.05, 0.1) is 23.0 Å². The van der Waals surface area contributed by atoms with Crippen molar-refractivity contribution in [2.75, 3.05) is 13.7 Å². The summed E-state index contributed by atoms with van der Waals surface area (Å²) in [5.41, 5.74) is 2.19. The van der Waals surface area contributed by atoms with Gasteiger partial charge in [-0.25, -0.2) is 0 Å². The highest BCUT2D eigenvalue weighted by atomic mass is 127. The van der Waals surface area contributed by atoms with Gasteiger partial charge in [-0.15, -0.1) is 0 Å². The molecular formula is C12H19BrIN3O2. The number of alkyl halides is 1. The van der Waals surface area contributed by atoms with E-state index in [0.29, 0.717) is 13.1 Å². The molecule has 0 saturated carbocycles. The van der Waals surface area contributed by atoms with Gasteiger partial charge in [-0.05, 0) is 29.3 Å². The van der Waals surface area contributed by atoms with Crippen molar-refractivity contribution in [2.45, 2.75) is 37.3 Å². The van der Waals surface area contributed by atoms with E-state index in [-0.39, 0.29) is 9.89 Å². The maximum Gasteiger partial charge on any atom is 0.319 e. The van der Waals surface area contributed by atoms with Crippen LogP contribution in [0.2, 0.25) is 0 Å². The molecule has 19 heavy (non-hydrogen) atoms. The minimum Gasteiger partial charge on any atom is -0.468 e. The predicted octanol–water partition coefficient (Wildman–Crippen LogP) is 2.29. The zero-order chi connectivity index (χ0) is 14.4. The van der Waals surface area contributed by atoms with Gasteiger partial charge in [0.15, 0.2) is 0 Å². The van der Waals surface area contributed by atoms with Crippen molar-refractivity contribution < 1.29 is 9.53 Å². The van der Waals surface area contributed by atoms with Crippen LogP contribution in [-0.4, -0.2) is 33.3 Å². The van der Waals surface area contributed by atoms with Gasteiger partial charge in [0.1, 0.15) is 3.92 Å². The van der Waals surface area contributed by atoms with E-state index < -0.39 is 0 Å². The van der Waals surface area contributed by atoms with E-state index >= 15 is 0 Å². The van der Waals surface area contributed by atoms with E-state index in [1.165, 1.54) is 7.11 Å². The Bertz CT molecular complexity index is 437.